The molecule has 4 heteroatoms. The first-order valence-corrected chi connectivity index (χ1v) is 4.09. The molecule has 1 aromatic heterocycles. The van der Waals surface area contributed by atoms with Crippen LogP contribution in [0.3, 0.4) is 0 Å². The molecule has 68 valence electrons. The fourth-order valence-electron chi connectivity index (χ4n) is 1.44. The molecular formula is C9H12N4. The molecule has 0 saturated heterocycles. The maximum atomic E-state index is 6.00. The Morgan fingerprint density at radius 3 is 3.08 bits per heavy atom. The molecule has 1 atom stereocenters. The molecule has 0 bridgehead atoms. The van der Waals surface area contributed by atoms with E-state index in [1.165, 1.54) is 0 Å². The molecular weight excluding hydrogens is 164 g/mol. The highest BCUT2D eigenvalue weighted by atomic mass is 15.1. The van der Waals surface area contributed by atoms with Crippen LogP contribution in [0, 0.1) is 0 Å². The zero-order valence-corrected chi connectivity index (χ0v) is 7.41. The monoisotopic (exact) mass is 176 g/mol. The highest BCUT2D eigenvalue weighted by Crippen LogP contribution is 2.24. The number of nitrogens with two attached hydrogens (primary N) is 2. The predicted octanol–water partition coefficient (Wildman–Crippen LogP) is 0.369. The van der Waals surface area contributed by atoms with Gasteiger partial charge < -0.3 is 16.8 Å². The second-order valence-electron chi connectivity index (χ2n) is 3.38. The number of fused-ring (bicyclic) bond motifs is 1. The second-order valence-corrected chi connectivity index (χ2v) is 3.38. The lowest BCUT2D eigenvalue weighted by Crippen LogP contribution is -2.47. The Kier molecular flexibility index (Phi) is 1.53. The highest BCUT2D eigenvalue weighted by molar-refractivity contribution is 5.60. The number of hydrogen-bond acceptors (Lipinski definition) is 4. The summed E-state index contributed by atoms with van der Waals surface area (Å²) in [5.41, 5.74) is 13.0. The molecule has 1 aromatic rings. The maximum Gasteiger partial charge on any atom is 0.123 e. The number of nitrogens with zero attached hydrogens (tertiary/aromatic N) is 1. The summed E-state index contributed by atoms with van der Waals surface area (Å²) in [6.45, 7) is 1.90. The molecule has 0 saturated carbocycles. The number of aromatic nitrogens is 1. The van der Waals surface area contributed by atoms with Crippen LogP contribution in [-0.2, 0) is 5.66 Å². The lowest BCUT2D eigenvalue weighted by Gasteiger charge is -2.30. The van der Waals surface area contributed by atoms with E-state index >= 15 is 0 Å². The van der Waals surface area contributed by atoms with Crippen molar-refractivity contribution in [3.63, 3.8) is 0 Å². The highest BCUT2D eigenvalue weighted by Gasteiger charge is 2.24. The Labute approximate surface area is 76.6 Å². The molecule has 1 unspecified atom stereocenters. The van der Waals surface area contributed by atoms with Crippen LogP contribution in [0.2, 0.25) is 0 Å². The fraction of sp³-hybridized carbons (Fsp3) is 0.222. The molecule has 0 aliphatic carbocycles. The van der Waals surface area contributed by atoms with Crippen LogP contribution in [0.4, 0.5) is 5.82 Å². The fourth-order valence-corrected chi connectivity index (χ4v) is 1.44. The van der Waals surface area contributed by atoms with Gasteiger partial charge in [-0.25, -0.2) is 4.98 Å². The lowest BCUT2D eigenvalue weighted by molar-refractivity contribution is 0.432. The van der Waals surface area contributed by atoms with Gasteiger partial charge in [0.15, 0.2) is 0 Å². The van der Waals surface area contributed by atoms with Gasteiger partial charge >= 0.3 is 0 Å². The predicted molar refractivity (Wildman–Crippen MR) is 52.4 cm³/mol. The Balaban J connectivity index is 2.61. The van der Waals surface area contributed by atoms with Gasteiger partial charge in [0, 0.05) is 11.8 Å². The van der Waals surface area contributed by atoms with Crippen molar-refractivity contribution in [1.29, 1.82) is 0 Å². The summed E-state index contributed by atoms with van der Waals surface area (Å²) >= 11 is 0. The smallest absolute Gasteiger partial charge is 0.123 e. The molecule has 0 spiro atoms. The molecule has 1 aliphatic heterocycles. The van der Waals surface area contributed by atoms with E-state index in [0.29, 0.717) is 5.82 Å². The first-order valence-electron chi connectivity index (χ1n) is 4.09. The molecule has 13 heavy (non-hydrogen) atoms. The van der Waals surface area contributed by atoms with E-state index in [1.807, 2.05) is 25.3 Å². The molecule has 2 heterocycles. The van der Waals surface area contributed by atoms with Crippen LogP contribution in [-0.4, -0.2) is 4.98 Å². The zero-order valence-electron chi connectivity index (χ0n) is 7.41. The summed E-state index contributed by atoms with van der Waals surface area (Å²) in [5.74, 6) is 0.515. The topological polar surface area (TPSA) is 77.0 Å². The number of hydrogen-bond donors (Lipinski definition) is 3. The molecule has 0 aromatic carbocycles. The van der Waals surface area contributed by atoms with Gasteiger partial charge in [0.1, 0.15) is 11.5 Å². The van der Waals surface area contributed by atoms with Crippen molar-refractivity contribution in [3.8, 4) is 0 Å². The molecule has 1 aliphatic rings. The molecule has 0 amide bonds. The van der Waals surface area contributed by atoms with Crippen LogP contribution in [0.1, 0.15) is 18.1 Å². The van der Waals surface area contributed by atoms with E-state index in [4.69, 9.17) is 11.5 Å². The third-order valence-corrected chi connectivity index (χ3v) is 2.16. The number of anilines is 1. The summed E-state index contributed by atoms with van der Waals surface area (Å²) in [4.78, 5) is 4.01. The molecule has 4 nitrogen and oxygen atoms in total. The first kappa shape index (κ1) is 8.07. The van der Waals surface area contributed by atoms with Gasteiger partial charge in [-0.05, 0) is 30.8 Å². The quantitative estimate of drug-likeness (QED) is 0.533. The molecule has 5 N–H and O–H groups in total. The van der Waals surface area contributed by atoms with E-state index in [2.05, 4.69) is 10.3 Å². The van der Waals surface area contributed by atoms with Crippen LogP contribution >= 0.6 is 0 Å². The van der Waals surface area contributed by atoms with Gasteiger partial charge in [0.2, 0.25) is 0 Å². The summed E-state index contributed by atoms with van der Waals surface area (Å²) in [5, 5.41) is 3.05. The Bertz CT molecular complexity index is 368. The number of pyridine rings is 1. The Morgan fingerprint density at radius 1 is 1.54 bits per heavy atom. The van der Waals surface area contributed by atoms with Crippen LogP contribution in [0.15, 0.2) is 18.5 Å². The largest absolute Gasteiger partial charge is 0.384 e. The van der Waals surface area contributed by atoms with Crippen molar-refractivity contribution < 1.29 is 0 Å². The van der Waals surface area contributed by atoms with Crippen LogP contribution in [0.5, 0.6) is 0 Å². The normalized spacial score (nSPS) is 25.1. The van der Waals surface area contributed by atoms with Crippen molar-refractivity contribution in [2.45, 2.75) is 12.6 Å². The minimum atomic E-state index is -0.551. The minimum absolute atomic E-state index is 0.515. The van der Waals surface area contributed by atoms with Gasteiger partial charge in [-0.3, -0.25) is 0 Å². The average molecular weight is 176 g/mol. The van der Waals surface area contributed by atoms with Crippen molar-refractivity contribution in [2.24, 2.45) is 5.73 Å². The van der Waals surface area contributed by atoms with Gasteiger partial charge in [0.05, 0.1) is 0 Å². The van der Waals surface area contributed by atoms with Crippen LogP contribution in [0.25, 0.3) is 6.08 Å². The first-order chi connectivity index (χ1) is 6.09. The molecule has 0 fully saturated rings. The van der Waals surface area contributed by atoms with Crippen molar-refractivity contribution in [3.05, 3.63) is 29.6 Å². The van der Waals surface area contributed by atoms with Gasteiger partial charge in [-0.1, -0.05) is 0 Å². The maximum absolute atomic E-state index is 6.00. The third-order valence-electron chi connectivity index (χ3n) is 2.16. The Morgan fingerprint density at radius 2 is 2.31 bits per heavy atom. The molecule has 0 radical (unpaired) electrons. The van der Waals surface area contributed by atoms with Crippen molar-refractivity contribution in [2.75, 3.05) is 5.73 Å². The third kappa shape index (κ3) is 1.25. The second kappa shape index (κ2) is 2.47. The van der Waals surface area contributed by atoms with E-state index in [0.717, 1.165) is 11.1 Å². The summed E-state index contributed by atoms with van der Waals surface area (Å²) < 4.78 is 0. The SMILES string of the molecule is CC1(N)NC=Cc2cc(N)ncc21. The van der Waals surface area contributed by atoms with Gasteiger partial charge in [0.25, 0.3) is 0 Å². The van der Waals surface area contributed by atoms with Crippen LogP contribution < -0.4 is 16.8 Å². The number of rotatable bonds is 0. The minimum Gasteiger partial charge on any atom is -0.384 e. The molecule has 2 rings (SSSR count). The zero-order chi connectivity index (χ0) is 9.47. The summed E-state index contributed by atoms with van der Waals surface area (Å²) in [7, 11) is 0. The van der Waals surface area contributed by atoms with E-state index in [9.17, 15) is 0 Å². The van der Waals surface area contributed by atoms with Crippen molar-refractivity contribution >= 4 is 11.9 Å². The van der Waals surface area contributed by atoms with Crippen molar-refractivity contribution in [1.82, 2.24) is 10.3 Å². The summed E-state index contributed by atoms with van der Waals surface area (Å²) in [6.07, 6.45) is 5.46. The van der Waals surface area contributed by atoms with Gasteiger partial charge in [-0.15, -0.1) is 0 Å². The van der Waals surface area contributed by atoms with E-state index < -0.39 is 5.66 Å². The number of nitrogens with one attached hydrogen (secondary N) is 1. The van der Waals surface area contributed by atoms with E-state index in [-0.39, 0.29) is 0 Å². The standard InChI is InChI=1S/C9H12N4/c1-9(11)7-5-12-8(10)4-6(7)2-3-13-9/h2-5,13H,11H2,1H3,(H2,10,12). The average Bonchev–Trinajstić information content (AvgIpc) is 2.02. The van der Waals surface area contributed by atoms with E-state index in [1.54, 1.807) is 6.20 Å². The van der Waals surface area contributed by atoms with Gasteiger partial charge in [-0.2, -0.15) is 0 Å². The number of nitrogen functional groups attached to an aromatic ring is 1. The lowest BCUT2D eigenvalue weighted by atomic mass is 9.96. The summed E-state index contributed by atoms with van der Waals surface area (Å²) in [6, 6.07) is 1.82. The Hall–Kier alpha value is -1.55.